The molecule has 47 heavy (non-hydrogen) atoms. The fourth-order valence-electron chi connectivity index (χ4n) is 9.16. The number of hydrogen-bond donors (Lipinski definition) is 8. The summed E-state index contributed by atoms with van der Waals surface area (Å²) in [5, 5.41) is 71.7. The second-order valence-corrected chi connectivity index (χ2v) is 16.9. The van der Waals surface area contributed by atoms with Crippen LogP contribution in [0.4, 0.5) is 0 Å². The molecule has 0 aromatic rings. The van der Waals surface area contributed by atoms with Crippen molar-refractivity contribution in [2.24, 2.45) is 29.1 Å². The van der Waals surface area contributed by atoms with E-state index in [1.54, 1.807) is 19.1 Å². The molecule has 264 valence electrons. The van der Waals surface area contributed by atoms with Gasteiger partial charge >= 0.3 is 0 Å². The van der Waals surface area contributed by atoms with Crippen LogP contribution >= 0.6 is 21.6 Å². The average molecular weight is 700 g/mol. The van der Waals surface area contributed by atoms with E-state index >= 15 is 4.79 Å². The number of rotatable bonds is 4. The molecule has 6 bridgehead atoms. The van der Waals surface area contributed by atoms with Crippen LogP contribution in [0, 0.1) is 29.1 Å². The van der Waals surface area contributed by atoms with E-state index in [2.05, 4.69) is 10.6 Å². The van der Waals surface area contributed by atoms with Crippen LogP contribution in [-0.2, 0) is 19.1 Å². The van der Waals surface area contributed by atoms with Crippen molar-refractivity contribution in [3.05, 3.63) is 23.5 Å². The molecule has 3 aliphatic carbocycles. The molecule has 3 aliphatic heterocycles. The Morgan fingerprint density at radius 3 is 2.68 bits per heavy atom. The normalized spacial score (nSPS) is 46.4. The van der Waals surface area contributed by atoms with Crippen LogP contribution in [0.3, 0.4) is 0 Å². The Kier molecular flexibility index (Phi) is 11.2. The fourth-order valence-corrected chi connectivity index (χ4v) is 12.1. The maximum absolute atomic E-state index is 15.2. The van der Waals surface area contributed by atoms with E-state index in [1.807, 2.05) is 0 Å². The van der Waals surface area contributed by atoms with Gasteiger partial charge in [-0.15, -0.1) is 0 Å². The van der Waals surface area contributed by atoms with Crippen molar-refractivity contribution in [1.29, 1.82) is 0 Å². The highest BCUT2D eigenvalue weighted by Gasteiger charge is 2.67. The van der Waals surface area contributed by atoms with Crippen LogP contribution in [-0.4, -0.2) is 116 Å². The molecule has 5 fully saturated rings. The molecular weight excluding hydrogens is 649 g/mol. The molecule has 6 aliphatic rings. The van der Waals surface area contributed by atoms with E-state index in [9.17, 15) is 35.4 Å². The van der Waals surface area contributed by atoms with E-state index in [1.165, 1.54) is 21.6 Å². The topological polar surface area (TPSA) is 203 Å². The van der Waals surface area contributed by atoms with Gasteiger partial charge in [-0.25, -0.2) is 0 Å². The Labute approximate surface area is 283 Å². The van der Waals surface area contributed by atoms with Gasteiger partial charge in [0, 0.05) is 24.2 Å². The lowest BCUT2D eigenvalue weighted by molar-refractivity contribution is -0.704. The molecule has 12 nitrogen and oxygen atoms in total. The largest absolute Gasteiger partial charge is 0.511 e. The van der Waals surface area contributed by atoms with Crippen LogP contribution in [0.1, 0.15) is 64.7 Å². The van der Waals surface area contributed by atoms with Crippen LogP contribution in [0.2, 0.25) is 0 Å². The lowest BCUT2D eigenvalue weighted by Gasteiger charge is -2.54. The molecule has 0 amide bonds. The third-order valence-corrected chi connectivity index (χ3v) is 14.4. The highest BCUT2D eigenvalue weighted by molar-refractivity contribution is 8.76. The molecule has 9 N–H and O–H groups in total. The molecule has 14 heteroatoms. The fraction of sp³-hybridized carbons (Fsp3) is 0.818. The minimum Gasteiger partial charge on any atom is -0.511 e. The quantitative estimate of drug-likeness (QED) is 0.186. The first-order valence-corrected chi connectivity index (χ1v) is 19.6. The lowest BCUT2D eigenvalue weighted by Crippen LogP contribution is -2.95. The number of quaternary nitrogens is 1. The van der Waals surface area contributed by atoms with Crippen molar-refractivity contribution in [3.8, 4) is 0 Å². The molecule has 6 rings (SSSR count). The standard InChI is InChI=1S/C33H50N2O10S2/c1-17-12-20-27(39)19-4-2-5-21-26(19)29(41)33(20,23(38)13-17)24(6-3-11-36)47-46-16-35-25-14-18(8-10-34-25)7-9-32(43)28(40)22(15-37)45-31(44-21)30(32)42/h12-13,18-22,24-26,28,30-31,34-38,40,42-43H,2-11,14-16H2,1H3/p+1/t18?,19?,20-,21?,22+,24-,25?,26?,28+,30-,31+,32+,33-/m0/s1. The van der Waals surface area contributed by atoms with E-state index < -0.39 is 71.3 Å². The summed E-state index contributed by atoms with van der Waals surface area (Å²) < 4.78 is 12.3. The highest BCUT2D eigenvalue weighted by Crippen LogP contribution is 2.59. The third-order valence-electron chi connectivity index (χ3n) is 11.6. The first-order valence-electron chi connectivity index (χ1n) is 17.2. The third kappa shape index (κ3) is 6.39. The van der Waals surface area contributed by atoms with Gasteiger partial charge in [-0.1, -0.05) is 39.7 Å². The van der Waals surface area contributed by atoms with Gasteiger partial charge in [0.05, 0.1) is 37.0 Å². The summed E-state index contributed by atoms with van der Waals surface area (Å²) in [5.74, 6) is -2.32. The zero-order valence-electron chi connectivity index (χ0n) is 26.9. The smallest absolute Gasteiger partial charge is 0.187 e. The SMILES string of the molecule is CC1=C[C@H]2C(=O)C3CCCC4O[C@@H]5O[C@H](CO)[C@@H](O)[C@](O)(CCC6CC[NH2+]C(C6)NCSS[C@@H](CCCO)[C@@]2(C(=O)C43)C(O)=C1)[C@H]5O. The number of hydrogen-bond acceptors (Lipinski definition) is 13. The van der Waals surface area contributed by atoms with Gasteiger partial charge in [0.1, 0.15) is 47.0 Å². The van der Waals surface area contributed by atoms with Crippen molar-refractivity contribution in [3.63, 3.8) is 0 Å². The molecule has 3 heterocycles. The molecule has 1 spiro atoms. The summed E-state index contributed by atoms with van der Waals surface area (Å²) in [7, 11) is 3.01. The lowest BCUT2D eigenvalue weighted by atomic mass is 9.51. The van der Waals surface area contributed by atoms with E-state index in [0.29, 0.717) is 50.0 Å². The molecule has 2 saturated carbocycles. The monoisotopic (exact) mass is 699 g/mol. The Morgan fingerprint density at radius 2 is 1.91 bits per heavy atom. The minimum absolute atomic E-state index is 0.0624. The molecule has 13 atom stereocenters. The summed E-state index contributed by atoms with van der Waals surface area (Å²) >= 11 is 0. The number of carbonyl (C=O) groups is 2. The van der Waals surface area contributed by atoms with Gasteiger partial charge < -0.3 is 45.4 Å². The van der Waals surface area contributed by atoms with Gasteiger partial charge in [-0.2, -0.15) is 0 Å². The zero-order chi connectivity index (χ0) is 33.5. The summed E-state index contributed by atoms with van der Waals surface area (Å²) in [6, 6.07) is 0. The molecule has 0 aromatic carbocycles. The summed E-state index contributed by atoms with van der Waals surface area (Å²) in [5.41, 5.74) is -2.91. The Hall–Kier alpha value is -1.04. The number of ketones is 2. The predicted molar refractivity (Wildman–Crippen MR) is 175 cm³/mol. The van der Waals surface area contributed by atoms with Crippen molar-refractivity contribution in [1.82, 2.24) is 5.32 Å². The van der Waals surface area contributed by atoms with Crippen LogP contribution in [0.25, 0.3) is 0 Å². The number of Topliss-reactive ketones (excluding diaryl/α,β-unsaturated/α-hetero) is 2. The summed E-state index contributed by atoms with van der Waals surface area (Å²) in [6.45, 7) is 1.95. The van der Waals surface area contributed by atoms with Crippen molar-refractivity contribution < 1.29 is 55.0 Å². The van der Waals surface area contributed by atoms with Gasteiger partial charge in [0.25, 0.3) is 0 Å². The number of fused-ring (bicyclic) bond motifs is 4. The Morgan fingerprint density at radius 1 is 1.11 bits per heavy atom. The Bertz CT molecular complexity index is 1240. The molecule has 0 radical (unpaired) electrons. The number of nitrogens with two attached hydrogens (primary N) is 1. The first-order chi connectivity index (χ1) is 22.6. The van der Waals surface area contributed by atoms with Gasteiger partial charge in [0.2, 0.25) is 0 Å². The number of aliphatic hydroxyl groups is 6. The molecule has 0 aromatic heterocycles. The second kappa shape index (κ2) is 14.7. The number of aliphatic hydroxyl groups excluding tert-OH is 5. The second-order valence-electron chi connectivity index (χ2n) is 14.4. The number of allylic oxidation sites excluding steroid dienone is 4. The minimum atomic E-state index is -2.03. The summed E-state index contributed by atoms with van der Waals surface area (Å²) in [4.78, 5) is 29.6. The van der Waals surface area contributed by atoms with E-state index in [-0.39, 0.29) is 42.4 Å². The Balaban J connectivity index is 1.43. The molecule has 5 unspecified atom stereocenters. The number of nitrogens with one attached hydrogen (secondary N) is 1. The van der Waals surface area contributed by atoms with E-state index in [4.69, 9.17) is 9.47 Å². The van der Waals surface area contributed by atoms with Crippen LogP contribution in [0.5, 0.6) is 0 Å². The van der Waals surface area contributed by atoms with E-state index in [0.717, 1.165) is 19.4 Å². The van der Waals surface area contributed by atoms with Crippen molar-refractivity contribution >= 4 is 33.2 Å². The zero-order valence-corrected chi connectivity index (χ0v) is 28.5. The van der Waals surface area contributed by atoms with Gasteiger partial charge in [-0.3, -0.25) is 14.9 Å². The van der Waals surface area contributed by atoms with Gasteiger partial charge in [-0.05, 0) is 63.9 Å². The predicted octanol–water partition coefficient (Wildman–Crippen LogP) is 0.277. The maximum Gasteiger partial charge on any atom is 0.187 e. The maximum atomic E-state index is 15.2. The molecular formula is C33H51N2O10S2+. The summed E-state index contributed by atoms with van der Waals surface area (Å²) in [6.07, 6.45) is 1.16. The van der Waals surface area contributed by atoms with Gasteiger partial charge in [0.15, 0.2) is 12.1 Å². The number of ether oxygens (including phenoxy) is 2. The number of piperidine rings is 1. The molecule has 3 saturated heterocycles. The van der Waals surface area contributed by atoms with Crippen molar-refractivity contribution in [2.75, 3.05) is 25.6 Å². The average Bonchev–Trinajstić information content (AvgIpc) is 3.06. The van der Waals surface area contributed by atoms with Crippen LogP contribution in [0.15, 0.2) is 23.5 Å². The number of carbonyl (C=O) groups excluding carboxylic acids is 2. The van der Waals surface area contributed by atoms with Crippen molar-refractivity contribution in [2.45, 2.75) is 112 Å². The van der Waals surface area contributed by atoms with Crippen LogP contribution < -0.4 is 10.6 Å². The highest BCUT2D eigenvalue weighted by atomic mass is 33.1. The first kappa shape index (κ1) is 35.8.